The van der Waals surface area contributed by atoms with Crippen molar-refractivity contribution in [1.29, 1.82) is 0 Å². The van der Waals surface area contributed by atoms with E-state index in [-0.39, 0.29) is 0 Å². The number of benzene rings is 2. The first-order valence-electron chi connectivity index (χ1n) is 4.49. The summed E-state index contributed by atoms with van der Waals surface area (Å²) in [6.07, 6.45) is 0.758. The predicted molar refractivity (Wildman–Crippen MR) is 59.0 cm³/mol. The quantitative estimate of drug-likeness (QED) is 0.557. The molecule has 76 valence electrons. The van der Waals surface area contributed by atoms with Gasteiger partial charge in [-0.15, -0.1) is 0 Å². The van der Waals surface area contributed by atoms with Gasteiger partial charge in [-0.25, -0.2) is 4.39 Å². The number of halogens is 2. The van der Waals surface area contributed by atoms with Gasteiger partial charge >= 0.3 is 0 Å². The minimum atomic E-state index is -1.55. The molecule has 0 spiro atoms. The average molecular weight is 223 g/mol. The molecule has 3 heteroatoms. The van der Waals surface area contributed by atoms with Gasteiger partial charge in [-0.2, -0.15) is 0 Å². The van der Waals surface area contributed by atoms with Crippen molar-refractivity contribution in [3.05, 3.63) is 47.5 Å². The van der Waals surface area contributed by atoms with Crippen molar-refractivity contribution in [3.63, 3.8) is 0 Å². The standard InChI is InChI=1S/C12H8ClFO/c13-12(14)11-6-2-4-9-8(7-15)3-1-5-10(9)11/h1-7,12H. The van der Waals surface area contributed by atoms with E-state index in [1.807, 2.05) is 0 Å². The Morgan fingerprint density at radius 2 is 1.80 bits per heavy atom. The topological polar surface area (TPSA) is 17.1 Å². The normalized spacial score (nSPS) is 12.7. The van der Waals surface area contributed by atoms with E-state index in [9.17, 15) is 9.18 Å². The Morgan fingerprint density at radius 3 is 2.47 bits per heavy atom. The van der Waals surface area contributed by atoms with Crippen LogP contribution in [0.15, 0.2) is 36.4 Å². The first-order chi connectivity index (χ1) is 7.24. The summed E-state index contributed by atoms with van der Waals surface area (Å²) < 4.78 is 13.1. The van der Waals surface area contributed by atoms with Crippen LogP contribution in [0.5, 0.6) is 0 Å². The summed E-state index contributed by atoms with van der Waals surface area (Å²) >= 11 is 5.42. The summed E-state index contributed by atoms with van der Waals surface area (Å²) in [6.45, 7) is 0. The lowest BCUT2D eigenvalue weighted by atomic mass is 10.0. The van der Waals surface area contributed by atoms with Gasteiger partial charge in [0, 0.05) is 11.1 Å². The van der Waals surface area contributed by atoms with Crippen LogP contribution in [0.4, 0.5) is 4.39 Å². The monoisotopic (exact) mass is 222 g/mol. The Morgan fingerprint density at radius 1 is 1.13 bits per heavy atom. The van der Waals surface area contributed by atoms with Crippen LogP contribution in [0.25, 0.3) is 10.8 Å². The molecule has 0 N–H and O–H groups in total. The molecule has 2 rings (SSSR count). The average Bonchev–Trinajstić information content (AvgIpc) is 2.27. The molecule has 0 bridgehead atoms. The molecular formula is C12H8ClFO. The van der Waals surface area contributed by atoms with E-state index in [1.54, 1.807) is 36.4 Å². The third-order valence-corrected chi connectivity index (χ3v) is 2.59. The number of carbonyl (C=O) groups excluding carboxylic acids is 1. The smallest absolute Gasteiger partial charge is 0.199 e. The van der Waals surface area contributed by atoms with Gasteiger partial charge in [-0.1, -0.05) is 48.0 Å². The van der Waals surface area contributed by atoms with E-state index in [0.29, 0.717) is 16.5 Å². The zero-order chi connectivity index (χ0) is 10.8. The fourth-order valence-corrected chi connectivity index (χ4v) is 1.84. The molecule has 0 heterocycles. The third-order valence-electron chi connectivity index (χ3n) is 2.35. The van der Waals surface area contributed by atoms with Gasteiger partial charge in [0.25, 0.3) is 0 Å². The Hall–Kier alpha value is -1.41. The Bertz CT molecular complexity index is 508. The second-order valence-corrected chi connectivity index (χ2v) is 3.59. The van der Waals surface area contributed by atoms with Crippen molar-refractivity contribution >= 4 is 28.7 Å². The van der Waals surface area contributed by atoms with Crippen LogP contribution in [0, 0.1) is 0 Å². The van der Waals surface area contributed by atoms with Gasteiger partial charge in [0.2, 0.25) is 0 Å². The third kappa shape index (κ3) is 1.73. The number of hydrogen-bond donors (Lipinski definition) is 0. The number of aldehydes is 1. The highest BCUT2D eigenvalue weighted by molar-refractivity contribution is 6.21. The highest BCUT2D eigenvalue weighted by Gasteiger charge is 2.10. The van der Waals surface area contributed by atoms with E-state index in [1.165, 1.54) is 0 Å². The molecule has 0 aromatic heterocycles. The number of rotatable bonds is 2. The second kappa shape index (κ2) is 3.99. The molecule has 0 saturated heterocycles. The fourth-order valence-electron chi connectivity index (χ4n) is 1.65. The van der Waals surface area contributed by atoms with Crippen LogP contribution < -0.4 is 0 Å². The van der Waals surface area contributed by atoms with Crippen LogP contribution in [-0.4, -0.2) is 6.29 Å². The molecule has 0 saturated carbocycles. The molecule has 2 aromatic rings. The molecule has 1 nitrogen and oxygen atoms in total. The van der Waals surface area contributed by atoms with Crippen LogP contribution in [0.3, 0.4) is 0 Å². The second-order valence-electron chi connectivity index (χ2n) is 3.21. The van der Waals surface area contributed by atoms with E-state index in [0.717, 1.165) is 11.7 Å². The molecule has 1 unspecified atom stereocenters. The number of alkyl halides is 2. The lowest BCUT2D eigenvalue weighted by molar-refractivity contribution is 0.112. The molecule has 0 radical (unpaired) electrons. The fraction of sp³-hybridized carbons (Fsp3) is 0.0833. The maximum Gasteiger partial charge on any atom is 0.199 e. The zero-order valence-electron chi connectivity index (χ0n) is 7.78. The molecule has 15 heavy (non-hydrogen) atoms. The summed E-state index contributed by atoms with van der Waals surface area (Å²) in [5.74, 6) is 0. The van der Waals surface area contributed by atoms with Gasteiger partial charge in [0.15, 0.2) is 11.9 Å². The lowest BCUT2D eigenvalue weighted by Gasteiger charge is -2.07. The Balaban J connectivity index is 2.82. The zero-order valence-corrected chi connectivity index (χ0v) is 8.54. The van der Waals surface area contributed by atoms with Crippen molar-refractivity contribution in [2.75, 3.05) is 0 Å². The van der Waals surface area contributed by atoms with Crippen molar-refractivity contribution in [1.82, 2.24) is 0 Å². The Labute approximate surface area is 91.5 Å². The minimum absolute atomic E-state index is 0.401. The van der Waals surface area contributed by atoms with E-state index in [2.05, 4.69) is 0 Å². The summed E-state index contributed by atoms with van der Waals surface area (Å²) in [5.41, 5.74) is -0.597. The van der Waals surface area contributed by atoms with Crippen LogP contribution in [0.1, 0.15) is 21.6 Å². The highest BCUT2D eigenvalue weighted by Crippen LogP contribution is 2.30. The van der Waals surface area contributed by atoms with Gasteiger partial charge < -0.3 is 0 Å². The summed E-state index contributed by atoms with van der Waals surface area (Å²) in [4.78, 5) is 10.8. The maximum atomic E-state index is 13.1. The van der Waals surface area contributed by atoms with Crippen molar-refractivity contribution in [2.45, 2.75) is 5.63 Å². The van der Waals surface area contributed by atoms with Gasteiger partial charge in [-0.3, -0.25) is 4.79 Å². The van der Waals surface area contributed by atoms with Crippen LogP contribution >= 0.6 is 11.6 Å². The SMILES string of the molecule is O=Cc1cccc2c(C(F)Cl)cccc12. The number of fused-ring (bicyclic) bond motifs is 1. The van der Waals surface area contributed by atoms with Gasteiger partial charge in [0.05, 0.1) is 0 Å². The van der Waals surface area contributed by atoms with Crippen molar-refractivity contribution in [2.24, 2.45) is 0 Å². The van der Waals surface area contributed by atoms with Crippen molar-refractivity contribution in [3.8, 4) is 0 Å². The molecule has 1 atom stereocenters. The van der Waals surface area contributed by atoms with Crippen LogP contribution in [0.2, 0.25) is 0 Å². The number of hydrogen-bond acceptors (Lipinski definition) is 1. The minimum Gasteiger partial charge on any atom is -0.298 e. The van der Waals surface area contributed by atoms with E-state index in [4.69, 9.17) is 11.6 Å². The lowest BCUT2D eigenvalue weighted by Crippen LogP contribution is -1.89. The molecule has 2 aromatic carbocycles. The Kier molecular flexibility index (Phi) is 2.69. The highest BCUT2D eigenvalue weighted by atomic mass is 35.5. The van der Waals surface area contributed by atoms with Gasteiger partial charge in [0.1, 0.15) is 0 Å². The predicted octanol–water partition coefficient (Wildman–Crippen LogP) is 3.86. The first-order valence-corrected chi connectivity index (χ1v) is 4.92. The molecule has 0 amide bonds. The first kappa shape index (κ1) is 10.1. The largest absolute Gasteiger partial charge is 0.298 e. The van der Waals surface area contributed by atoms with Gasteiger partial charge in [-0.05, 0) is 10.8 Å². The van der Waals surface area contributed by atoms with E-state index < -0.39 is 5.63 Å². The maximum absolute atomic E-state index is 13.1. The molecule has 0 aliphatic rings. The number of carbonyl (C=O) groups is 1. The molecular weight excluding hydrogens is 215 g/mol. The van der Waals surface area contributed by atoms with Crippen molar-refractivity contribution < 1.29 is 9.18 Å². The molecule has 0 aliphatic heterocycles. The summed E-state index contributed by atoms with van der Waals surface area (Å²) in [6, 6.07) is 10.3. The van der Waals surface area contributed by atoms with E-state index >= 15 is 0 Å². The molecule has 0 fully saturated rings. The molecule has 0 aliphatic carbocycles. The van der Waals surface area contributed by atoms with Crippen LogP contribution in [-0.2, 0) is 0 Å². The summed E-state index contributed by atoms with van der Waals surface area (Å²) in [7, 11) is 0. The summed E-state index contributed by atoms with van der Waals surface area (Å²) in [5, 5.41) is 1.41.